The Bertz CT molecular complexity index is 642. The average Bonchev–Trinajstić information content (AvgIpc) is 3.25. The smallest absolute Gasteiger partial charge is 0.227 e. The number of hydrogen-bond donors (Lipinski definition) is 1. The van der Waals surface area contributed by atoms with E-state index in [1.807, 2.05) is 23.1 Å². The summed E-state index contributed by atoms with van der Waals surface area (Å²) in [6.45, 7) is 2.32. The number of nitriles is 1. The van der Waals surface area contributed by atoms with E-state index in [4.69, 9.17) is 5.26 Å². The van der Waals surface area contributed by atoms with E-state index in [2.05, 4.69) is 11.4 Å². The predicted molar refractivity (Wildman–Crippen MR) is 85.3 cm³/mol. The fraction of sp³-hybridized carbons (Fsp3) is 0.500. The molecule has 5 heteroatoms. The third kappa shape index (κ3) is 3.21. The van der Waals surface area contributed by atoms with E-state index in [1.165, 1.54) is 0 Å². The largest absolute Gasteiger partial charge is 0.358 e. The average molecular weight is 311 g/mol. The van der Waals surface area contributed by atoms with Gasteiger partial charge < -0.3 is 10.2 Å². The Morgan fingerprint density at radius 1 is 1.39 bits per heavy atom. The van der Waals surface area contributed by atoms with Gasteiger partial charge in [-0.3, -0.25) is 9.59 Å². The van der Waals surface area contributed by atoms with E-state index < -0.39 is 0 Å². The van der Waals surface area contributed by atoms with E-state index in [-0.39, 0.29) is 5.91 Å². The Kier molecular flexibility index (Phi) is 4.33. The number of carbonyl (C=O) groups is 2. The third-order valence-electron chi connectivity index (χ3n) is 5.40. The first-order valence-electron chi connectivity index (χ1n) is 8.11. The first-order valence-corrected chi connectivity index (χ1v) is 8.11. The molecule has 3 rings (SSSR count). The molecule has 1 aromatic rings. The molecule has 0 bridgehead atoms. The second-order valence-electron chi connectivity index (χ2n) is 6.62. The van der Waals surface area contributed by atoms with Gasteiger partial charge in [0.05, 0.1) is 18.1 Å². The van der Waals surface area contributed by atoms with E-state index in [1.54, 1.807) is 6.07 Å². The van der Waals surface area contributed by atoms with Gasteiger partial charge in [0.1, 0.15) is 0 Å². The Morgan fingerprint density at radius 3 is 2.83 bits per heavy atom. The maximum Gasteiger partial charge on any atom is 0.227 e. The molecule has 0 radical (unpaired) electrons. The highest BCUT2D eigenvalue weighted by Crippen LogP contribution is 2.58. The Labute approximate surface area is 136 Å². The molecule has 1 N–H and O–H groups in total. The lowest BCUT2D eigenvalue weighted by Crippen LogP contribution is -2.40. The van der Waals surface area contributed by atoms with Gasteiger partial charge >= 0.3 is 0 Å². The molecule has 1 aliphatic carbocycles. The molecule has 2 amide bonds. The third-order valence-corrected chi connectivity index (χ3v) is 5.40. The van der Waals surface area contributed by atoms with Crippen LogP contribution in [-0.2, 0) is 16.0 Å². The van der Waals surface area contributed by atoms with Gasteiger partial charge in [0.2, 0.25) is 12.3 Å². The van der Waals surface area contributed by atoms with E-state index in [0.717, 1.165) is 50.9 Å². The summed E-state index contributed by atoms with van der Waals surface area (Å²) in [7, 11) is 0. The number of likely N-dealkylation sites (tertiary alicyclic amines) is 1. The standard InChI is InChI=1S/C18H21N3O2/c19-11-15-4-2-1-3-14(15)9-17(23)21-7-5-18(6-8-21)10-16(18)12-20-13-22/h1-4,13,16H,5-10,12H2,(H,20,22). The number of hydrogen-bond acceptors (Lipinski definition) is 3. The molecule has 1 heterocycles. The summed E-state index contributed by atoms with van der Waals surface area (Å²) in [6, 6.07) is 9.43. The Balaban J connectivity index is 1.53. The molecular formula is C18H21N3O2. The maximum absolute atomic E-state index is 12.5. The lowest BCUT2D eigenvalue weighted by atomic mass is 9.90. The van der Waals surface area contributed by atoms with Gasteiger partial charge in [0, 0.05) is 19.6 Å². The summed E-state index contributed by atoms with van der Waals surface area (Å²) in [6.07, 6.45) is 4.25. The first kappa shape index (κ1) is 15.5. The van der Waals surface area contributed by atoms with Crippen molar-refractivity contribution in [2.75, 3.05) is 19.6 Å². The zero-order valence-corrected chi connectivity index (χ0v) is 13.1. The van der Waals surface area contributed by atoms with Crippen molar-refractivity contribution in [3.63, 3.8) is 0 Å². The summed E-state index contributed by atoms with van der Waals surface area (Å²) in [5.74, 6) is 0.676. The lowest BCUT2D eigenvalue weighted by molar-refractivity contribution is -0.132. The molecule has 1 spiro atoms. The number of amides is 2. The summed E-state index contributed by atoms with van der Waals surface area (Å²) in [5.41, 5.74) is 1.73. The minimum absolute atomic E-state index is 0.103. The highest BCUT2D eigenvalue weighted by Gasteiger charge is 2.54. The molecule has 1 unspecified atom stereocenters. The van der Waals surface area contributed by atoms with Crippen LogP contribution >= 0.6 is 0 Å². The second kappa shape index (κ2) is 6.41. The molecule has 2 fully saturated rings. The number of piperidine rings is 1. The Hall–Kier alpha value is -2.35. The minimum atomic E-state index is 0.103. The molecule has 1 aromatic carbocycles. The fourth-order valence-corrected chi connectivity index (χ4v) is 3.78. The van der Waals surface area contributed by atoms with Crippen molar-refractivity contribution in [1.29, 1.82) is 5.26 Å². The van der Waals surface area contributed by atoms with E-state index in [0.29, 0.717) is 23.3 Å². The zero-order valence-electron chi connectivity index (χ0n) is 13.1. The summed E-state index contributed by atoms with van der Waals surface area (Å²) in [4.78, 5) is 24.8. The van der Waals surface area contributed by atoms with E-state index >= 15 is 0 Å². The molecule has 1 atom stereocenters. The van der Waals surface area contributed by atoms with Crippen LogP contribution in [0.5, 0.6) is 0 Å². The van der Waals surface area contributed by atoms with Crippen LogP contribution in [0.15, 0.2) is 24.3 Å². The number of benzene rings is 1. The summed E-state index contributed by atoms with van der Waals surface area (Å²) in [5, 5.41) is 11.9. The van der Waals surface area contributed by atoms with Crippen LogP contribution in [-0.4, -0.2) is 36.9 Å². The van der Waals surface area contributed by atoms with Gasteiger partial charge in [-0.1, -0.05) is 18.2 Å². The Morgan fingerprint density at radius 2 is 2.13 bits per heavy atom. The van der Waals surface area contributed by atoms with Gasteiger partial charge in [0.15, 0.2) is 0 Å². The van der Waals surface area contributed by atoms with Crippen LogP contribution in [0.3, 0.4) is 0 Å². The quantitative estimate of drug-likeness (QED) is 0.837. The van der Waals surface area contributed by atoms with Crippen molar-refractivity contribution >= 4 is 12.3 Å². The zero-order chi connectivity index (χ0) is 16.3. The monoisotopic (exact) mass is 311 g/mol. The van der Waals surface area contributed by atoms with Gasteiger partial charge in [-0.15, -0.1) is 0 Å². The number of carbonyl (C=O) groups excluding carboxylic acids is 2. The number of nitrogens with zero attached hydrogens (tertiary/aromatic N) is 2. The van der Waals surface area contributed by atoms with E-state index in [9.17, 15) is 9.59 Å². The van der Waals surface area contributed by atoms with Gasteiger partial charge in [-0.25, -0.2) is 0 Å². The van der Waals surface area contributed by atoms with Gasteiger partial charge in [-0.2, -0.15) is 5.26 Å². The molecule has 5 nitrogen and oxygen atoms in total. The molecule has 0 aromatic heterocycles. The molecule has 120 valence electrons. The highest BCUT2D eigenvalue weighted by molar-refractivity contribution is 5.79. The molecule has 1 saturated carbocycles. The maximum atomic E-state index is 12.5. The molecular weight excluding hydrogens is 290 g/mol. The van der Waals surface area contributed by atoms with Gasteiger partial charge in [0.25, 0.3) is 0 Å². The highest BCUT2D eigenvalue weighted by atomic mass is 16.2. The number of nitrogens with one attached hydrogen (secondary N) is 1. The molecule has 1 aliphatic heterocycles. The van der Waals surface area contributed by atoms with Crippen LogP contribution in [0.25, 0.3) is 0 Å². The van der Waals surface area contributed by atoms with Crippen LogP contribution in [0.4, 0.5) is 0 Å². The fourth-order valence-electron chi connectivity index (χ4n) is 3.78. The molecule has 1 saturated heterocycles. The molecule has 2 aliphatic rings. The van der Waals surface area contributed by atoms with Crippen molar-refractivity contribution in [3.05, 3.63) is 35.4 Å². The van der Waals surface area contributed by atoms with Gasteiger partial charge in [-0.05, 0) is 42.2 Å². The number of rotatable bonds is 5. The summed E-state index contributed by atoms with van der Waals surface area (Å²) < 4.78 is 0. The van der Waals surface area contributed by atoms with Crippen LogP contribution in [0, 0.1) is 22.7 Å². The van der Waals surface area contributed by atoms with Crippen molar-refractivity contribution in [2.45, 2.75) is 25.7 Å². The van der Waals surface area contributed by atoms with Crippen molar-refractivity contribution in [2.24, 2.45) is 11.3 Å². The predicted octanol–water partition coefficient (Wildman–Crippen LogP) is 1.48. The van der Waals surface area contributed by atoms with Crippen LogP contribution in [0.1, 0.15) is 30.4 Å². The first-order chi connectivity index (χ1) is 11.2. The minimum Gasteiger partial charge on any atom is -0.358 e. The van der Waals surface area contributed by atoms with Crippen LogP contribution < -0.4 is 5.32 Å². The molecule has 23 heavy (non-hydrogen) atoms. The topological polar surface area (TPSA) is 73.2 Å². The summed E-state index contributed by atoms with van der Waals surface area (Å²) >= 11 is 0. The van der Waals surface area contributed by atoms with Crippen molar-refractivity contribution in [3.8, 4) is 6.07 Å². The normalized spacial score (nSPS) is 21.5. The SMILES string of the molecule is N#Cc1ccccc1CC(=O)N1CCC2(CC1)CC2CNC=O. The second-order valence-corrected chi connectivity index (χ2v) is 6.62. The van der Waals surface area contributed by atoms with Crippen molar-refractivity contribution in [1.82, 2.24) is 10.2 Å². The lowest BCUT2D eigenvalue weighted by Gasteiger charge is -2.33. The van der Waals surface area contributed by atoms with Crippen molar-refractivity contribution < 1.29 is 9.59 Å². The van der Waals surface area contributed by atoms with Crippen LogP contribution in [0.2, 0.25) is 0 Å².